The van der Waals surface area contributed by atoms with Crippen molar-refractivity contribution in [2.45, 2.75) is 45.1 Å². The van der Waals surface area contributed by atoms with Crippen molar-refractivity contribution >= 4 is 92.4 Å². The lowest BCUT2D eigenvalue weighted by atomic mass is 9.73. The molecule has 0 fully saturated rings. The monoisotopic (exact) mass is 1080 g/mol. The maximum Gasteiger partial charge on any atom is 0.348 e. The van der Waals surface area contributed by atoms with E-state index in [0.717, 1.165) is 73.3 Å². The predicted molar refractivity (Wildman–Crippen MR) is 313 cm³/mol. The number of hydrogen-bond acceptors (Lipinski definition) is 14. The van der Waals surface area contributed by atoms with Gasteiger partial charge in [0.25, 0.3) is 0 Å². The molecule has 8 heterocycles. The Morgan fingerprint density at radius 1 is 0.415 bits per heavy atom. The minimum atomic E-state index is -0.654. The van der Waals surface area contributed by atoms with Crippen LogP contribution in [-0.2, 0) is 55.5 Å². The smallest absolute Gasteiger partial charge is 0.348 e. The molecule has 6 aromatic carbocycles. The first-order chi connectivity index (χ1) is 39.6. The molecule has 0 atom stereocenters. The summed E-state index contributed by atoms with van der Waals surface area (Å²) in [5, 5.41) is 0. The van der Waals surface area contributed by atoms with Gasteiger partial charge in [0, 0.05) is 84.5 Å². The van der Waals surface area contributed by atoms with Gasteiger partial charge in [-0.15, -0.1) is 0 Å². The molecule has 0 unspecified atom stereocenters. The molecule has 14 rings (SSSR count). The van der Waals surface area contributed by atoms with Crippen LogP contribution in [0.4, 0.5) is 45.5 Å². The third kappa shape index (κ3) is 7.62. The van der Waals surface area contributed by atoms with Crippen LogP contribution in [0.1, 0.15) is 77.8 Å². The fraction of sp³-hybridized carbons (Fsp3) is 0.147. The fourth-order valence-corrected chi connectivity index (χ4v) is 12.4. The maximum atomic E-state index is 14.2. The number of benzene rings is 6. The first kappa shape index (κ1) is 49.9. The highest BCUT2D eigenvalue weighted by Gasteiger charge is 2.48. The molecular formula is C68H52N6O8. The van der Waals surface area contributed by atoms with Crippen molar-refractivity contribution in [1.82, 2.24) is 9.97 Å². The molecule has 0 radical (unpaired) electrons. The van der Waals surface area contributed by atoms with Gasteiger partial charge >= 0.3 is 23.9 Å². The van der Waals surface area contributed by atoms with Gasteiger partial charge < -0.3 is 38.5 Å². The van der Waals surface area contributed by atoms with Gasteiger partial charge in [0.15, 0.2) is 23.0 Å². The molecule has 2 aromatic heterocycles. The molecule has 6 aliphatic heterocycles. The average Bonchev–Trinajstić information content (AvgIpc) is 3.13. The number of pyridine rings is 2. The number of ether oxygens (including phenoxy) is 4. The minimum absolute atomic E-state index is 0.0987. The topological polar surface area (TPSA) is 144 Å². The molecular weight excluding hydrogens is 1030 g/mol. The number of fused-ring (bicyclic) bond motifs is 6. The largest absolute Gasteiger partial charge is 0.421 e. The highest BCUT2D eigenvalue weighted by Crippen LogP contribution is 2.56. The quantitative estimate of drug-likeness (QED) is 0.0946. The second-order valence-electron chi connectivity index (χ2n) is 22.4. The summed E-state index contributed by atoms with van der Waals surface area (Å²) in [4.78, 5) is 72.6. The summed E-state index contributed by atoms with van der Waals surface area (Å²) in [7, 11) is 5.85. The van der Waals surface area contributed by atoms with Crippen molar-refractivity contribution in [3.05, 3.63) is 249 Å². The third-order valence-corrected chi connectivity index (χ3v) is 16.6. The van der Waals surface area contributed by atoms with Gasteiger partial charge in [0.05, 0.1) is 46.5 Å². The van der Waals surface area contributed by atoms with Crippen molar-refractivity contribution in [2.75, 3.05) is 40.7 Å². The maximum absolute atomic E-state index is 14.2. The highest BCUT2D eigenvalue weighted by molar-refractivity contribution is 6.25. The molecule has 402 valence electrons. The Labute approximate surface area is 473 Å². The van der Waals surface area contributed by atoms with Crippen LogP contribution in [0.15, 0.2) is 199 Å². The van der Waals surface area contributed by atoms with E-state index >= 15 is 0 Å². The Morgan fingerprint density at radius 3 is 1.29 bits per heavy atom. The third-order valence-electron chi connectivity index (χ3n) is 16.6. The Bertz CT molecular complexity index is 4270. The second-order valence-corrected chi connectivity index (χ2v) is 22.4. The van der Waals surface area contributed by atoms with E-state index in [4.69, 9.17) is 23.9 Å². The summed E-state index contributed by atoms with van der Waals surface area (Å²) in [5.41, 5.74) is 14.3. The van der Waals surface area contributed by atoms with Crippen LogP contribution in [0.3, 0.4) is 0 Å². The van der Waals surface area contributed by atoms with Crippen molar-refractivity contribution < 1.29 is 38.1 Å². The standard InChI is InChI=1S/C68H52N6O8/c1-67(2)47-14-8-10-16-51(47)73(45-13-12-30-69-35-45)53-28-22-41(32-49(53)67)61-57-58(66(78)81-61)62(82-65(57)77)42-23-29-54-50(33-42)68(3,4)48-15-9-11-17-52(48)74(54)46-31-38(34-70-36-46)37-72(7)44-26-20-40(21-27-44)60-56-55(63(75)80-60)59(79-64(56)76)39-18-24-43(25-19-39)71(5)6/h8-36H,37H2,1-7H3. The van der Waals surface area contributed by atoms with Crippen LogP contribution in [0.2, 0.25) is 0 Å². The van der Waals surface area contributed by atoms with E-state index in [0.29, 0.717) is 28.8 Å². The number of para-hydroxylation sites is 2. The van der Waals surface area contributed by atoms with Crippen LogP contribution in [-0.4, -0.2) is 55.0 Å². The summed E-state index contributed by atoms with van der Waals surface area (Å²) in [6, 6.07) is 49.4. The number of aromatic nitrogens is 2. The van der Waals surface area contributed by atoms with Gasteiger partial charge in [-0.3, -0.25) is 9.97 Å². The van der Waals surface area contributed by atoms with Gasteiger partial charge in [-0.25, -0.2) is 19.2 Å². The van der Waals surface area contributed by atoms with Gasteiger partial charge in [-0.1, -0.05) is 64.1 Å². The number of anilines is 8. The lowest BCUT2D eigenvalue weighted by molar-refractivity contribution is -0.132. The summed E-state index contributed by atoms with van der Waals surface area (Å²) in [6.45, 7) is 9.18. The van der Waals surface area contributed by atoms with Gasteiger partial charge in [0.2, 0.25) is 0 Å². The molecule has 0 saturated carbocycles. The van der Waals surface area contributed by atoms with E-state index in [2.05, 4.69) is 77.7 Å². The van der Waals surface area contributed by atoms with E-state index in [1.54, 1.807) is 6.20 Å². The van der Waals surface area contributed by atoms with Crippen LogP contribution >= 0.6 is 0 Å². The van der Waals surface area contributed by atoms with Gasteiger partial charge in [-0.2, -0.15) is 0 Å². The first-order valence-corrected chi connectivity index (χ1v) is 27.0. The van der Waals surface area contributed by atoms with Crippen molar-refractivity contribution in [1.29, 1.82) is 0 Å². The van der Waals surface area contributed by atoms with Crippen LogP contribution < -0.4 is 19.6 Å². The van der Waals surface area contributed by atoms with E-state index in [9.17, 15) is 19.2 Å². The zero-order valence-corrected chi connectivity index (χ0v) is 45.9. The van der Waals surface area contributed by atoms with E-state index in [-0.39, 0.29) is 45.3 Å². The van der Waals surface area contributed by atoms with Crippen molar-refractivity contribution in [3.8, 4) is 0 Å². The molecule has 0 aliphatic carbocycles. The second kappa shape index (κ2) is 18.4. The molecule has 14 nitrogen and oxygen atoms in total. The average molecular weight is 1080 g/mol. The molecule has 8 aromatic rings. The highest BCUT2D eigenvalue weighted by atomic mass is 16.6. The summed E-state index contributed by atoms with van der Waals surface area (Å²) >= 11 is 0. The number of hydrogen-bond donors (Lipinski definition) is 0. The van der Waals surface area contributed by atoms with Crippen molar-refractivity contribution in [2.24, 2.45) is 0 Å². The van der Waals surface area contributed by atoms with Crippen LogP contribution in [0.25, 0.3) is 23.0 Å². The number of nitrogens with zero attached hydrogens (tertiary/aromatic N) is 6. The zero-order valence-electron chi connectivity index (χ0n) is 45.9. The number of carbonyl (C=O) groups is 4. The molecule has 14 heteroatoms. The SMILES string of the molecule is CN(C)c1ccc(C2=C3C(=O)OC(c4ccc(N(C)Cc5cncc(N6c7ccccc7C(C)(C)c7cc(C8=C9C(=O)OC(c%10ccc%11c(c%10)C(C)(C)c%10ccccc%10N%11c%10cccnc%10)=C9C(=O)O8)ccc76)c5)cc4)=C3C(=O)O2)cc1. The summed E-state index contributed by atoms with van der Waals surface area (Å²) in [5.74, 6) is -1.90. The predicted octanol–water partition coefficient (Wildman–Crippen LogP) is 12.9. The molecule has 0 amide bonds. The van der Waals surface area contributed by atoms with Crippen molar-refractivity contribution in [3.63, 3.8) is 0 Å². The normalized spacial score (nSPS) is 17.0. The molecule has 0 saturated heterocycles. The molecule has 0 N–H and O–H groups in total. The van der Waals surface area contributed by atoms with E-state index in [1.807, 2.05) is 166 Å². The van der Waals surface area contributed by atoms with E-state index < -0.39 is 34.7 Å². The van der Waals surface area contributed by atoms with Crippen LogP contribution in [0, 0.1) is 0 Å². The lowest BCUT2D eigenvalue weighted by Gasteiger charge is -2.42. The number of rotatable bonds is 10. The molecule has 6 aliphatic rings. The Morgan fingerprint density at radius 2 is 0.829 bits per heavy atom. The fourth-order valence-electron chi connectivity index (χ4n) is 12.4. The molecule has 0 spiro atoms. The minimum Gasteiger partial charge on any atom is -0.421 e. The summed E-state index contributed by atoms with van der Waals surface area (Å²) < 4.78 is 23.6. The Balaban J connectivity index is 0.765. The lowest BCUT2D eigenvalue weighted by Crippen LogP contribution is -2.31. The van der Waals surface area contributed by atoms with Gasteiger partial charge in [0.1, 0.15) is 22.3 Å². The van der Waals surface area contributed by atoms with Crippen LogP contribution in [0.5, 0.6) is 0 Å². The summed E-state index contributed by atoms with van der Waals surface area (Å²) in [6.07, 6.45) is 7.28. The Hall–Kier alpha value is -10.3. The van der Waals surface area contributed by atoms with Gasteiger partial charge in [-0.05, 0) is 143 Å². The Kier molecular flexibility index (Phi) is 11.2. The number of cyclic esters (lactones) is 4. The first-order valence-electron chi connectivity index (χ1n) is 27.0. The molecule has 0 bridgehead atoms. The number of esters is 4. The molecule has 82 heavy (non-hydrogen) atoms. The zero-order chi connectivity index (χ0) is 56.5. The number of carbonyl (C=O) groups excluding carboxylic acids is 4. The van der Waals surface area contributed by atoms with E-state index in [1.165, 1.54) is 0 Å².